The molecule has 2 fully saturated rings. The lowest BCUT2D eigenvalue weighted by Crippen LogP contribution is -2.44. The summed E-state index contributed by atoms with van der Waals surface area (Å²) in [5.74, 6) is 1.14. The number of likely N-dealkylation sites (tertiary alicyclic amines) is 1. The number of aryl methyl sites for hydroxylation is 1. The highest BCUT2D eigenvalue weighted by atomic mass is 16.3. The zero-order valence-electron chi connectivity index (χ0n) is 16.3. The molecule has 148 valence electrons. The first-order chi connectivity index (χ1) is 13.6. The second-order valence-corrected chi connectivity index (χ2v) is 7.88. The Hall–Kier alpha value is -2.60. The van der Waals surface area contributed by atoms with Crippen molar-refractivity contribution in [1.82, 2.24) is 10.2 Å². The van der Waals surface area contributed by atoms with Gasteiger partial charge in [0.1, 0.15) is 5.76 Å². The number of hydrogen-bond acceptors (Lipinski definition) is 4. The summed E-state index contributed by atoms with van der Waals surface area (Å²) in [5, 5.41) is 3.12. The second kappa shape index (κ2) is 8.19. The summed E-state index contributed by atoms with van der Waals surface area (Å²) in [6, 6.07) is 11.7. The molecule has 1 atom stereocenters. The summed E-state index contributed by atoms with van der Waals surface area (Å²) < 4.78 is 5.41. The summed E-state index contributed by atoms with van der Waals surface area (Å²) in [4.78, 5) is 29.2. The maximum Gasteiger partial charge on any atom is 0.229 e. The molecule has 2 amide bonds. The Labute approximate surface area is 165 Å². The molecular weight excluding hydrogens is 354 g/mol. The van der Waals surface area contributed by atoms with E-state index in [1.165, 1.54) is 0 Å². The normalized spacial score (nSPS) is 21.2. The monoisotopic (exact) mass is 381 g/mol. The molecule has 6 nitrogen and oxygen atoms in total. The average molecular weight is 381 g/mol. The van der Waals surface area contributed by atoms with Gasteiger partial charge in [-0.1, -0.05) is 12.1 Å². The third kappa shape index (κ3) is 4.28. The van der Waals surface area contributed by atoms with Gasteiger partial charge in [-0.15, -0.1) is 0 Å². The van der Waals surface area contributed by atoms with E-state index in [2.05, 4.69) is 10.2 Å². The van der Waals surface area contributed by atoms with Crippen LogP contribution >= 0.6 is 0 Å². The van der Waals surface area contributed by atoms with Gasteiger partial charge in [0.25, 0.3) is 0 Å². The summed E-state index contributed by atoms with van der Waals surface area (Å²) >= 11 is 0. The predicted molar refractivity (Wildman–Crippen MR) is 107 cm³/mol. The van der Waals surface area contributed by atoms with E-state index in [9.17, 15) is 9.59 Å². The van der Waals surface area contributed by atoms with Crippen molar-refractivity contribution in [2.75, 3.05) is 24.5 Å². The van der Waals surface area contributed by atoms with Gasteiger partial charge in [0.2, 0.25) is 11.8 Å². The van der Waals surface area contributed by atoms with Gasteiger partial charge in [-0.2, -0.15) is 0 Å². The molecule has 3 heterocycles. The number of anilines is 1. The smallest absolute Gasteiger partial charge is 0.229 e. The highest BCUT2D eigenvalue weighted by molar-refractivity contribution is 5.97. The minimum atomic E-state index is -0.110. The van der Waals surface area contributed by atoms with Crippen molar-refractivity contribution in [1.29, 1.82) is 0 Å². The standard InChI is InChI=1S/C22H27N3O3/c1-16-4-2-5-19(12-16)25-14-18(13-21(25)26)23-22(27)17-7-9-24(10-8-17)15-20-6-3-11-28-20/h2-6,11-12,17-18H,7-10,13-15H2,1H3,(H,23,27)/t18-/m1/s1. The topological polar surface area (TPSA) is 65.8 Å². The lowest BCUT2D eigenvalue weighted by Gasteiger charge is -2.31. The van der Waals surface area contributed by atoms with Crippen LogP contribution in [-0.4, -0.2) is 42.4 Å². The Bertz CT molecular complexity index is 825. The Morgan fingerprint density at radius 1 is 1.21 bits per heavy atom. The summed E-state index contributed by atoms with van der Waals surface area (Å²) in [6.07, 6.45) is 3.75. The van der Waals surface area contributed by atoms with E-state index < -0.39 is 0 Å². The molecule has 6 heteroatoms. The number of furan rings is 1. The Kier molecular flexibility index (Phi) is 5.48. The Balaban J connectivity index is 1.27. The minimum Gasteiger partial charge on any atom is -0.468 e. The maximum absolute atomic E-state index is 12.7. The predicted octanol–water partition coefficient (Wildman–Crippen LogP) is 2.72. The first-order valence-electron chi connectivity index (χ1n) is 10.0. The number of amides is 2. The van der Waals surface area contributed by atoms with E-state index in [0.717, 1.165) is 49.5 Å². The van der Waals surface area contributed by atoms with Crippen LogP contribution in [0.2, 0.25) is 0 Å². The second-order valence-electron chi connectivity index (χ2n) is 7.88. The van der Waals surface area contributed by atoms with Gasteiger partial charge < -0.3 is 14.6 Å². The van der Waals surface area contributed by atoms with Crippen LogP contribution in [0.1, 0.15) is 30.6 Å². The van der Waals surface area contributed by atoms with Crippen molar-refractivity contribution in [2.45, 2.75) is 38.8 Å². The minimum absolute atomic E-state index is 0.0240. The van der Waals surface area contributed by atoms with Crippen molar-refractivity contribution in [3.05, 3.63) is 54.0 Å². The van der Waals surface area contributed by atoms with E-state index in [1.807, 2.05) is 43.3 Å². The first kappa shape index (κ1) is 18.7. The van der Waals surface area contributed by atoms with Crippen LogP contribution in [-0.2, 0) is 16.1 Å². The number of piperidine rings is 1. The lowest BCUT2D eigenvalue weighted by atomic mass is 9.95. The lowest BCUT2D eigenvalue weighted by molar-refractivity contribution is -0.127. The SMILES string of the molecule is Cc1cccc(N2C[C@H](NC(=O)C3CCN(Cc4ccco4)CC3)CC2=O)c1. The molecule has 2 aliphatic heterocycles. The highest BCUT2D eigenvalue weighted by Gasteiger charge is 2.33. The van der Waals surface area contributed by atoms with Gasteiger partial charge in [0.15, 0.2) is 0 Å². The molecule has 2 aliphatic rings. The first-order valence-corrected chi connectivity index (χ1v) is 10.0. The van der Waals surface area contributed by atoms with Crippen molar-refractivity contribution < 1.29 is 14.0 Å². The molecule has 1 aromatic heterocycles. The quantitative estimate of drug-likeness (QED) is 0.865. The molecule has 4 rings (SSSR count). The van der Waals surface area contributed by atoms with Crippen LogP contribution in [0.25, 0.3) is 0 Å². The number of hydrogen-bond donors (Lipinski definition) is 1. The number of rotatable bonds is 5. The van der Waals surface area contributed by atoms with Crippen LogP contribution in [0, 0.1) is 12.8 Å². The fourth-order valence-electron chi connectivity index (χ4n) is 4.14. The molecule has 0 aliphatic carbocycles. The van der Waals surface area contributed by atoms with Gasteiger partial charge in [-0.3, -0.25) is 14.5 Å². The van der Waals surface area contributed by atoms with Gasteiger partial charge in [-0.25, -0.2) is 0 Å². The average Bonchev–Trinajstić information content (AvgIpc) is 3.32. The molecule has 0 spiro atoms. The van der Waals surface area contributed by atoms with E-state index in [0.29, 0.717) is 13.0 Å². The molecule has 28 heavy (non-hydrogen) atoms. The van der Waals surface area contributed by atoms with E-state index in [-0.39, 0.29) is 23.8 Å². The van der Waals surface area contributed by atoms with E-state index in [4.69, 9.17) is 4.42 Å². The maximum atomic E-state index is 12.7. The molecule has 0 saturated carbocycles. The van der Waals surface area contributed by atoms with Crippen molar-refractivity contribution in [3.63, 3.8) is 0 Å². The van der Waals surface area contributed by atoms with Gasteiger partial charge in [-0.05, 0) is 62.7 Å². The molecule has 1 N–H and O–H groups in total. The molecule has 0 bridgehead atoms. The molecular formula is C22H27N3O3. The van der Waals surface area contributed by atoms with Crippen molar-refractivity contribution in [3.8, 4) is 0 Å². The Morgan fingerprint density at radius 2 is 2.04 bits per heavy atom. The number of nitrogens with zero attached hydrogens (tertiary/aromatic N) is 2. The third-order valence-electron chi connectivity index (χ3n) is 5.70. The largest absolute Gasteiger partial charge is 0.468 e. The Morgan fingerprint density at radius 3 is 2.75 bits per heavy atom. The van der Waals surface area contributed by atoms with Gasteiger partial charge >= 0.3 is 0 Å². The molecule has 2 aromatic rings. The van der Waals surface area contributed by atoms with Crippen LogP contribution in [0.3, 0.4) is 0 Å². The van der Waals surface area contributed by atoms with Crippen molar-refractivity contribution in [2.24, 2.45) is 5.92 Å². The number of carbonyl (C=O) groups excluding carboxylic acids is 2. The van der Waals surface area contributed by atoms with Crippen LogP contribution in [0.5, 0.6) is 0 Å². The van der Waals surface area contributed by atoms with E-state index >= 15 is 0 Å². The number of carbonyl (C=O) groups is 2. The number of benzene rings is 1. The molecule has 2 saturated heterocycles. The van der Waals surface area contributed by atoms with Gasteiger partial charge in [0, 0.05) is 24.6 Å². The number of nitrogens with one attached hydrogen (secondary N) is 1. The van der Waals surface area contributed by atoms with Crippen LogP contribution in [0.4, 0.5) is 5.69 Å². The molecule has 0 radical (unpaired) electrons. The van der Waals surface area contributed by atoms with Crippen LogP contribution < -0.4 is 10.2 Å². The summed E-state index contributed by atoms with van der Waals surface area (Å²) in [5.41, 5.74) is 2.03. The molecule has 0 unspecified atom stereocenters. The fraction of sp³-hybridized carbons (Fsp3) is 0.455. The van der Waals surface area contributed by atoms with Crippen LogP contribution in [0.15, 0.2) is 47.1 Å². The zero-order chi connectivity index (χ0) is 19.5. The summed E-state index contributed by atoms with van der Waals surface area (Å²) in [6.45, 7) is 5.13. The fourth-order valence-corrected chi connectivity index (χ4v) is 4.14. The highest BCUT2D eigenvalue weighted by Crippen LogP contribution is 2.24. The zero-order valence-corrected chi connectivity index (χ0v) is 16.3. The van der Waals surface area contributed by atoms with Crippen molar-refractivity contribution >= 4 is 17.5 Å². The third-order valence-corrected chi connectivity index (χ3v) is 5.70. The summed E-state index contributed by atoms with van der Waals surface area (Å²) in [7, 11) is 0. The van der Waals surface area contributed by atoms with E-state index in [1.54, 1.807) is 11.2 Å². The van der Waals surface area contributed by atoms with Gasteiger partial charge in [0.05, 0.1) is 18.8 Å². The molecule has 1 aromatic carbocycles.